The summed E-state index contributed by atoms with van der Waals surface area (Å²) in [6.07, 6.45) is 1.25. The molecule has 0 amide bonds. The number of aromatic nitrogens is 3. The smallest absolute Gasteiger partial charge is 0.232 e. The van der Waals surface area contributed by atoms with Crippen LogP contribution in [0, 0.1) is 12.7 Å². The third kappa shape index (κ3) is 2.12. The van der Waals surface area contributed by atoms with Crippen LogP contribution in [-0.2, 0) is 12.8 Å². The fourth-order valence-corrected chi connectivity index (χ4v) is 2.64. The highest BCUT2D eigenvalue weighted by Crippen LogP contribution is 2.39. The Balaban J connectivity index is 1.55. The minimum atomic E-state index is -0.236. The van der Waals surface area contributed by atoms with Gasteiger partial charge < -0.3 is 9.05 Å². The highest BCUT2D eigenvalue weighted by atomic mass is 19.1. The molecule has 5 nitrogen and oxygen atoms in total. The summed E-state index contributed by atoms with van der Waals surface area (Å²) in [6.45, 7) is 1.83. The Kier molecular flexibility index (Phi) is 2.63. The summed E-state index contributed by atoms with van der Waals surface area (Å²) in [5.41, 5.74) is 2.84. The Labute approximate surface area is 119 Å². The molecule has 0 N–H and O–H groups in total. The fraction of sp³-hybridized carbons (Fsp3) is 0.267. The monoisotopic (exact) mass is 285 g/mol. The molecule has 0 radical (unpaired) electrons. The first-order valence-corrected chi connectivity index (χ1v) is 6.72. The summed E-state index contributed by atoms with van der Waals surface area (Å²) < 4.78 is 23.5. The van der Waals surface area contributed by atoms with Gasteiger partial charge in [0.1, 0.15) is 11.6 Å². The number of fused-ring (bicyclic) bond motifs is 1. The maximum absolute atomic E-state index is 13.3. The van der Waals surface area contributed by atoms with E-state index in [0.29, 0.717) is 18.1 Å². The van der Waals surface area contributed by atoms with Gasteiger partial charge in [-0.3, -0.25) is 0 Å². The molecule has 0 fully saturated rings. The van der Waals surface area contributed by atoms with E-state index >= 15 is 0 Å². The lowest BCUT2D eigenvalue weighted by atomic mass is 9.77. The molecule has 6 heteroatoms. The first-order chi connectivity index (χ1) is 10.2. The van der Waals surface area contributed by atoms with Gasteiger partial charge in [-0.15, -0.1) is 0 Å². The van der Waals surface area contributed by atoms with E-state index in [-0.39, 0.29) is 11.7 Å². The Morgan fingerprint density at radius 2 is 2.14 bits per heavy atom. The molecule has 4 rings (SSSR count). The Bertz CT molecular complexity index is 809. The van der Waals surface area contributed by atoms with Crippen LogP contribution in [0.3, 0.4) is 0 Å². The first-order valence-electron chi connectivity index (χ1n) is 6.72. The van der Waals surface area contributed by atoms with Crippen LogP contribution in [0.5, 0.6) is 0 Å². The molecule has 3 aromatic rings. The molecule has 0 aliphatic heterocycles. The van der Waals surface area contributed by atoms with Crippen molar-refractivity contribution in [3.63, 3.8) is 0 Å². The second-order valence-corrected chi connectivity index (χ2v) is 5.25. The van der Waals surface area contributed by atoms with Crippen molar-refractivity contribution in [1.82, 2.24) is 15.3 Å². The van der Waals surface area contributed by atoms with Crippen LogP contribution in [0.1, 0.15) is 40.2 Å². The lowest BCUT2D eigenvalue weighted by Crippen LogP contribution is -2.19. The molecule has 1 aliphatic carbocycles. The zero-order chi connectivity index (χ0) is 14.4. The minimum absolute atomic E-state index is 0.0206. The van der Waals surface area contributed by atoms with Crippen LogP contribution < -0.4 is 0 Å². The predicted octanol–water partition coefficient (Wildman–Crippen LogP) is 2.78. The van der Waals surface area contributed by atoms with Crippen LogP contribution in [0.2, 0.25) is 0 Å². The van der Waals surface area contributed by atoms with E-state index in [0.717, 1.165) is 29.0 Å². The first kappa shape index (κ1) is 12.3. The average Bonchev–Trinajstić information content (AvgIpc) is 3.04. The highest BCUT2D eigenvalue weighted by molar-refractivity contribution is 5.44. The summed E-state index contributed by atoms with van der Waals surface area (Å²) in [5.74, 6) is 1.62. The van der Waals surface area contributed by atoms with E-state index in [1.807, 2.05) is 13.0 Å². The molecule has 0 saturated carbocycles. The van der Waals surface area contributed by atoms with Crippen molar-refractivity contribution in [1.29, 1.82) is 0 Å². The zero-order valence-electron chi connectivity index (χ0n) is 11.3. The van der Waals surface area contributed by atoms with E-state index in [2.05, 4.69) is 15.3 Å². The number of benzene rings is 1. The van der Waals surface area contributed by atoms with E-state index in [1.165, 1.54) is 6.07 Å². The van der Waals surface area contributed by atoms with Crippen LogP contribution >= 0.6 is 0 Å². The van der Waals surface area contributed by atoms with Gasteiger partial charge in [0.25, 0.3) is 0 Å². The van der Waals surface area contributed by atoms with Crippen molar-refractivity contribution >= 4 is 0 Å². The fourth-order valence-electron chi connectivity index (χ4n) is 2.64. The van der Waals surface area contributed by atoms with Crippen LogP contribution in [-0.4, -0.2) is 15.3 Å². The van der Waals surface area contributed by atoms with E-state index in [4.69, 9.17) is 9.05 Å². The SMILES string of the molecule is Cc1cc(Cc2nc(C3Cc4ccc(F)cc43)no2)no1. The molecule has 106 valence electrons. The van der Waals surface area contributed by atoms with Crippen LogP contribution in [0.25, 0.3) is 0 Å². The summed E-state index contributed by atoms with van der Waals surface area (Å²) in [5, 5.41) is 7.90. The van der Waals surface area contributed by atoms with Crippen molar-refractivity contribution in [2.45, 2.75) is 25.7 Å². The van der Waals surface area contributed by atoms with Gasteiger partial charge in [0.2, 0.25) is 5.89 Å². The maximum atomic E-state index is 13.3. The number of halogens is 1. The maximum Gasteiger partial charge on any atom is 0.232 e. The van der Waals surface area contributed by atoms with Gasteiger partial charge in [-0.2, -0.15) is 4.98 Å². The standard InChI is InChI=1S/C15H12FN3O2/c1-8-4-11(18-20-8)7-14-17-15(19-21-14)13-5-9-2-3-10(16)6-12(9)13/h2-4,6,13H,5,7H2,1H3. The van der Waals surface area contributed by atoms with Crippen molar-refractivity contribution in [2.75, 3.05) is 0 Å². The lowest BCUT2D eigenvalue weighted by Gasteiger charge is -2.27. The van der Waals surface area contributed by atoms with Crippen LogP contribution in [0.15, 0.2) is 33.3 Å². The average molecular weight is 285 g/mol. The third-order valence-corrected chi connectivity index (χ3v) is 3.71. The van der Waals surface area contributed by atoms with Crippen molar-refractivity contribution in [2.24, 2.45) is 0 Å². The number of rotatable bonds is 3. The molecule has 21 heavy (non-hydrogen) atoms. The molecular formula is C15H12FN3O2. The summed E-state index contributed by atoms with van der Waals surface area (Å²) in [4.78, 5) is 4.38. The minimum Gasteiger partial charge on any atom is -0.361 e. The number of hydrogen-bond donors (Lipinski definition) is 0. The largest absolute Gasteiger partial charge is 0.361 e. The van der Waals surface area contributed by atoms with Gasteiger partial charge in [-0.05, 0) is 36.6 Å². The van der Waals surface area contributed by atoms with Gasteiger partial charge in [0, 0.05) is 6.07 Å². The van der Waals surface area contributed by atoms with Gasteiger partial charge in [0.15, 0.2) is 5.82 Å². The second-order valence-electron chi connectivity index (χ2n) is 5.25. The van der Waals surface area contributed by atoms with E-state index in [1.54, 1.807) is 12.1 Å². The number of aryl methyl sites for hydroxylation is 1. The van der Waals surface area contributed by atoms with Crippen molar-refractivity contribution in [3.8, 4) is 0 Å². The molecule has 1 aliphatic rings. The number of nitrogens with zero attached hydrogens (tertiary/aromatic N) is 3. The topological polar surface area (TPSA) is 65.0 Å². The van der Waals surface area contributed by atoms with Gasteiger partial charge in [-0.1, -0.05) is 16.4 Å². The molecule has 1 aromatic carbocycles. The van der Waals surface area contributed by atoms with Gasteiger partial charge in [0.05, 0.1) is 18.0 Å². The Morgan fingerprint density at radius 3 is 2.95 bits per heavy atom. The molecule has 2 aromatic heterocycles. The quantitative estimate of drug-likeness (QED) is 0.740. The molecule has 0 spiro atoms. The Morgan fingerprint density at radius 1 is 1.24 bits per heavy atom. The van der Waals surface area contributed by atoms with Crippen molar-refractivity contribution < 1.29 is 13.4 Å². The summed E-state index contributed by atoms with van der Waals surface area (Å²) in [6, 6.07) is 6.66. The van der Waals surface area contributed by atoms with E-state index < -0.39 is 0 Å². The number of hydrogen-bond acceptors (Lipinski definition) is 5. The molecule has 0 saturated heterocycles. The Hall–Kier alpha value is -2.50. The van der Waals surface area contributed by atoms with Gasteiger partial charge in [-0.25, -0.2) is 4.39 Å². The summed E-state index contributed by atoms with van der Waals surface area (Å²) in [7, 11) is 0. The highest BCUT2D eigenvalue weighted by Gasteiger charge is 2.31. The predicted molar refractivity (Wildman–Crippen MR) is 70.3 cm³/mol. The van der Waals surface area contributed by atoms with E-state index in [9.17, 15) is 4.39 Å². The zero-order valence-corrected chi connectivity index (χ0v) is 11.3. The summed E-state index contributed by atoms with van der Waals surface area (Å²) >= 11 is 0. The molecule has 1 atom stereocenters. The normalized spacial score (nSPS) is 16.6. The molecular weight excluding hydrogens is 273 g/mol. The van der Waals surface area contributed by atoms with Crippen molar-refractivity contribution in [3.05, 3.63) is 64.4 Å². The molecule has 1 unspecified atom stereocenters. The lowest BCUT2D eigenvalue weighted by molar-refractivity contribution is 0.366. The molecule has 2 heterocycles. The second kappa shape index (κ2) is 4.51. The van der Waals surface area contributed by atoms with Crippen LogP contribution in [0.4, 0.5) is 4.39 Å². The molecule has 0 bridgehead atoms. The van der Waals surface area contributed by atoms with Gasteiger partial charge >= 0.3 is 0 Å². The third-order valence-electron chi connectivity index (χ3n) is 3.71.